The third-order valence-corrected chi connectivity index (χ3v) is 4.33. The highest BCUT2D eigenvalue weighted by molar-refractivity contribution is 6.10. The van der Waals surface area contributed by atoms with Gasteiger partial charge in [0.15, 0.2) is 0 Å². The predicted octanol–water partition coefficient (Wildman–Crippen LogP) is 4.38. The number of amides is 1. The number of para-hydroxylation sites is 1. The van der Waals surface area contributed by atoms with E-state index in [2.05, 4.69) is 10.3 Å². The van der Waals surface area contributed by atoms with Gasteiger partial charge in [0.05, 0.1) is 12.3 Å². The van der Waals surface area contributed by atoms with Crippen LogP contribution >= 0.6 is 0 Å². The average Bonchev–Trinajstić information content (AvgIpc) is 2.72. The molecule has 0 bridgehead atoms. The van der Waals surface area contributed by atoms with Crippen molar-refractivity contribution in [3.63, 3.8) is 0 Å². The summed E-state index contributed by atoms with van der Waals surface area (Å²) in [5.74, 6) is 0.118. The molecule has 1 N–H and O–H groups in total. The Kier molecular flexibility index (Phi) is 4.76. The number of aromatic nitrogens is 1. The molecule has 2 aromatic heterocycles. The molecule has 6 heteroatoms. The molecule has 140 valence electrons. The fourth-order valence-electron chi connectivity index (χ4n) is 2.99. The molecule has 0 aliphatic heterocycles. The molecule has 28 heavy (non-hydrogen) atoms. The van der Waals surface area contributed by atoms with Gasteiger partial charge in [-0.2, -0.15) is 0 Å². The SMILES string of the molecule is CCCOc1ccc(NC(=O)c2cc3ccccc3oc2=O)c2cccnc12. The van der Waals surface area contributed by atoms with Gasteiger partial charge in [0, 0.05) is 17.0 Å². The van der Waals surface area contributed by atoms with Gasteiger partial charge in [-0.25, -0.2) is 4.79 Å². The monoisotopic (exact) mass is 374 g/mol. The second-order valence-electron chi connectivity index (χ2n) is 6.30. The minimum atomic E-state index is -0.679. The van der Waals surface area contributed by atoms with Crippen LogP contribution in [-0.2, 0) is 0 Å². The number of rotatable bonds is 5. The average molecular weight is 374 g/mol. The zero-order chi connectivity index (χ0) is 19.5. The molecule has 0 saturated heterocycles. The van der Waals surface area contributed by atoms with Crippen LogP contribution in [-0.4, -0.2) is 17.5 Å². The third kappa shape index (κ3) is 3.32. The number of pyridine rings is 1. The lowest BCUT2D eigenvalue weighted by Gasteiger charge is -2.12. The van der Waals surface area contributed by atoms with Crippen LogP contribution in [0.3, 0.4) is 0 Å². The first-order chi connectivity index (χ1) is 13.7. The van der Waals surface area contributed by atoms with Crippen molar-refractivity contribution in [3.05, 3.63) is 76.8 Å². The Morgan fingerprint density at radius 3 is 2.86 bits per heavy atom. The van der Waals surface area contributed by atoms with Gasteiger partial charge >= 0.3 is 5.63 Å². The molecule has 4 aromatic rings. The van der Waals surface area contributed by atoms with Gasteiger partial charge in [-0.1, -0.05) is 25.1 Å². The van der Waals surface area contributed by atoms with Crippen molar-refractivity contribution in [2.45, 2.75) is 13.3 Å². The van der Waals surface area contributed by atoms with Gasteiger partial charge in [-0.05, 0) is 42.8 Å². The molecule has 0 aliphatic carbocycles. The maximum Gasteiger partial charge on any atom is 0.349 e. The van der Waals surface area contributed by atoms with E-state index in [0.29, 0.717) is 34.5 Å². The van der Waals surface area contributed by atoms with E-state index in [1.807, 2.05) is 19.1 Å². The zero-order valence-corrected chi connectivity index (χ0v) is 15.3. The molecule has 1 amide bonds. The highest BCUT2D eigenvalue weighted by atomic mass is 16.5. The van der Waals surface area contributed by atoms with Crippen LogP contribution in [0.2, 0.25) is 0 Å². The molecular formula is C22H18N2O4. The van der Waals surface area contributed by atoms with Crippen LogP contribution in [0.1, 0.15) is 23.7 Å². The topological polar surface area (TPSA) is 81.4 Å². The van der Waals surface area contributed by atoms with Crippen LogP contribution in [0.15, 0.2) is 70.0 Å². The molecule has 0 unspecified atom stereocenters. The number of carbonyl (C=O) groups excluding carboxylic acids is 1. The number of benzene rings is 2. The fourth-order valence-corrected chi connectivity index (χ4v) is 2.99. The highest BCUT2D eigenvalue weighted by Gasteiger charge is 2.16. The Hall–Kier alpha value is -3.67. The van der Waals surface area contributed by atoms with Crippen LogP contribution in [0.25, 0.3) is 21.9 Å². The minimum absolute atomic E-state index is 0.0537. The Morgan fingerprint density at radius 2 is 2.00 bits per heavy atom. The molecule has 0 atom stereocenters. The predicted molar refractivity (Wildman–Crippen MR) is 108 cm³/mol. The van der Waals surface area contributed by atoms with Crippen molar-refractivity contribution < 1.29 is 13.9 Å². The number of nitrogens with zero attached hydrogens (tertiary/aromatic N) is 1. The Morgan fingerprint density at radius 1 is 1.14 bits per heavy atom. The first kappa shape index (κ1) is 17.7. The van der Waals surface area contributed by atoms with E-state index >= 15 is 0 Å². The summed E-state index contributed by atoms with van der Waals surface area (Å²) in [6, 6.07) is 15.7. The summed E-state index contributed by atoms with van der Waals surface area (Å²) in [4.78, 5) is 29.4. The first-order valence-electron chi connectivity index (χ1n) is 9.02. The van der Waals surface area contributed by atoms with E-state index in [9.17, 15) is 9.59 Å². The van der Waals surface area contributed by atoms with Gasteiger partial charge in [0.2, 0.25) is 0 Å². The van der Waals surface area contributed by atoms with E-state index in [4.69, 9.17) is 9.15 Å². The van der Waals surface area contributed by atoms with Gasteiger partial charge in [0.25, 0.3) is 5.91 Å². The lowest BCUT2D eigenvalue weighted by molar-refractivity contribution is 0.102. The smallest absolute Gasteiger partial charge is 0.349 e. The lowest BCUT2D eigenvalue weighted by Crippen LogP contribution is -2.20. The molecule has 4 rings (SSSR count). The summed E-state index contributed by atoms with van der Waals surface area (Å²) in [6.45, 7) is 2.61. The van der Waals surface area contributed by atoms with Gasteiger partial charge in [-0.3, -0.25) is 9.78 Å². The van der Waals surface area contributed by atoms with E-state index in [0.717, 1.165) is 11.8 Å². The number of hydrogen-bond donors (Lipinski definition) is 1. The fraction of sp³-hybridized carbons (Fsp3) is 0.136. The van der Waals surface area contributed by atoms with Crippen LogP contribution in [0.4, 0.5) is 5.69 Å². The number of carbonyl (C=O) groups is 1. The van der Waals surface area contributed by atoms with E-state index in [-0.39, 0.29) is 5.56 Å². The lowest BCUT2D eigenvalue weighted by atomic mass is 10.1. The summed E-state index contributed by atoms with van der Waals surface area (Å²) < 4.78 is 11.0. The molecule has 0 spiro atoms. The van der Waals surface area contributed by atoms with Gasteiger partial charge < -0.3 is 14.5 Å². The van der Waals surface area contributed by atoms with Crippen molar-refractivity contribution >= 4 is 33.5 Å². The van der Waals surface area contributed by atoms with Crippen molar-refractivity contribution in [2.75, 3.05) is 11.9 Å². The van der Waals surface area contributed by atoms with Crippen molar-refractivity contribution in [1.82, 2.24) is 4.98 Å². The Labute approximate surface area is 160 Å². The summed E-state index contributed by atoms with van der Waals surface area (Å²) in [7, 11) is 0. The van der Waals surface area contributed by atoms with Crippen LogP contribution < -0.4 is 15.7 Å². The minimum Gasteiger partial charge on any atom is -0.491 e. The molecule has 0 fully saturated rings. The molecule has 2 heterocycles. The molecule has 6 nitrogen and oxygen atoms in total. The number of hydrogen-bond acceptors (Lipinski definition) is 5. The summed E-state index contributed by atoms with van der Waals surface area (Å²) >= 11 is 0. The van der Waals surface area contributed by atoms with Gasteiger partial charge in [0.1, 0.15) is 22.4 Å². The quantitative estimate of drug-likeness (QED) is 0.524. The highest BCUT2D eigenvalue weighted by Crippen LogP contribution is 2.30. The number of ether oxygens (including phenoxy) is 1. The number of nitrogens with one attached hydrogen (secondary N) is 1. The molecule has 2 aromatic carbocycles. The number of anilines is 1. The Balaban J connectivity index is 1.71. The Bertz CT molecular complexity index is 1230. The second kappa shape index (κ2) is 7.52. The summed E-state index contributed by atoms with van der Waals surface area (Å²) in [5.41, 5.74) is 0.906. The maximum absolute atomic E-state index is 12.8. The van der Waals surface area contributed by atoms with E-state index in [1.165, 1.54) is 6.07 Å². The van der Waals surface area contributed by atoms with Crippen molar-refractivity contribution in [1.29, 1.82) is 0 Å². The van der Waals surface area contributed by atoms with E-state index < -0.39 is 11.5 Å². The second-order valence-corrected chi connectivity index (χ2v) is 6.30. The van der Waals surface area contributed by atoms with Crippen molar-refractivity contribution in [3.8, 4) is 5.75 Å². The van der Waals surface area contributed by atoms with Crippen molar-refractivity contribution in [2.24, 2.45) is 0 Å². The largest absolute Gasteiger partial charge is 0.491 e. The normalized spacial score (nSPS) is 10.9. The van der Waals surface area contributed by atoms with Gasteiger partial charge in [-0.15, -0.1) is 0 Å². The molecule has 0 aliphatic rings. The molecule has 0 radical (unpaired) electrons. The summed E-state index contributed by atoms with van der Waals surface area (Å²) in [5, 5.41) is 4.21. The van der Waals surface area contributed by atoms with Crippen LogP contribution in [0, 0.1) is 0 Å². The zero-order valence-electron chi connectivity index (χ0n) is 15.3. The number of fused-ring (bicyclic) bond motifs is 2. The first-order valence-corrected chi connectivity index (χ1v) is 9.02. The molecular weight excluding hydrogens is 356 g/mol. The maximum atomic E-state index is 12.8. The standard InChI is InChI=1S/C22H18N2O4/c1-2-12-27-19-10-9-17(15-7-5-11-23-20(15)19)24-21(25)16-13-14-6-3-4-8-18(14)28-22(16)26/h3-11,13H,2,12H2,1H3,(H,24,25). The third-order valence-electron chi connectivity index (χ3n) is 4.33. The van der Waals surface area contributed by atoms with E-state index in [1.54, 1.807) is 42.6 Å². The van der Waals surface area contributed by atoms with Crippen LogP contribution in [0.5, 0.6) is 5.75 Å². The summed E-state index contributed by atoms with van der Waals surface area (Å²) in [6.07, 6.45) is 2.55. The molecule has 0 saturated carbocycles.